The lowest BCUT2D eigenvalue weighted by Gasteiger charge is -1.94. The van der Waals surface area contributed by atoms with Gasteiger partial charge in [0.1, 0.15) is 0 Å². The summed E-state index contributed by atoms with van der Waals surface area (Å²) in [4.78, 5) is 8.13. The van der Waals surface area contributed by atoms with Crippen LogP contribution >= 0.6 is 0 Å². The smallest absolute Gasteiger partial charge is 0.0836 e. The molecule has 0 aliphatic rings. The van der Waals surface area contributed by atoms with Gasteiger partial charge < -0.3 is 0 Å². The van der Waals surface area contributed by atoms with Crippen molar-refractivity contribution in [2.75, 3.05) is 7.05 Å². The molecule has 66 valence electrons. The van der Waals surface area contributed by atoms with Crippen molar-refractivity contribution in [3.8, 4) is 0 Å². The summed E-state index contributed by atoms with van der Waals surface area (Å²) in [6, 6.07) is 5.80. The summed E-state index contributed by atoms with van der Waals surface area (Å²) in [5, 5.41) is 0. The predicted molar refractivity (Wildman–Crippen MR) is 53.7 cm³/mol. The van der Waals surface area contributed by atoms with Crippen molar-refractivity contribution in [1.82, 2.24) is 4.98 Å². The summed E-state index contributed by atoms with van der Waals surface area (Å²) in [6.45, 7) is 5.95. The summed E-state index contributed by atoms with van der Waals surface area (Å²) in [5.74, 6) is 0. The SMILES string of the molecule is CC.CN=C(C)c1ccccn1. The highest BCUT2D eigenvalue weighted by atomic mass is 14.7. The average molecular weight is 164 g/mol. The minimum atomic E-state index is 0.949. The quantitative estimate of drug-likeness (QED) is 0.585. The average Bonchev–Trinajstić information content (AvgIpc) is 2.21. The molecule has 0 radical (unpaired) electrons. The molecule has 0 aliphatic heterocycles. The Bertz CT molecular complexity index is 227. The van der Waals surface area contributed by atoms with E-state index in [2.05, 4.69) is 9.98 Å². The van der Waals surface area contributed by atoms with E-state index in [4.69, 9.17) is 0 Å². The Labute approximate surface area is 74.4 Å². The van der Waals surface area contributed by atoms with Gasteiger partial charge in [-0.2, -0.15) is 0 Å². The van der Waals surface area contributed by atoms with Crippen molar-refractivity contribution >= 4 is 5.71 Å². The molecule has 0 atom stereocenters. The predicted octanol–water partition coefficient (Wildman–Crippen LogP) is 2.55. The Balaban J connectivity index is 0.000000561. The maximum Gasteiger partial charge on any atom is 0.0836 e. The molecule has 0 saturated heterocycles. The van der Waals surface area contributed by atoms with Gasteiger partial charge in [-0.1, -0.05) is 19.9 Å². The molecule has 0 spiro atoms. The summed E-state index contributed by atoms with van der Waals surface area (Å²) in [6.07, 6.45) is 1.77. The Kier molecular flexibility index (Phi) is 5.88. The molecule has 2 nitrogen and oxygen atoms in total. The third-order valence-electron chi connectivity index (χ3n) is 1.37. The lowest BCUT2D eigenvalue weighted by Crippen LogP contribution is -1.96. The highest BCUT2D eigenvalue weighted by molar-refractivity contribution is 5.96. The first-order chi connectivity index (χ1) is 5.84. The largest absolute Gasteiger partial charge is 0.291 e. The lowest BCUT2D eigenvalue weighted by atomic mass is 10.3. The van der Waals surface area contributed by atoms with Gasteiger partial charge >= 0.3 is 0 Å². The number of nitrogens with zero attached hydrogens (tertiary/aromatic N) is 2. The van der Waals surface area contributed by atoms with Gasteiger partial charge in [-0.25, -0.2) is 0 Å². The zero-order valence-electron chi connectivity index (χ0n) is 8.20. The maximum atomic E-state index is 4.12. The van der Waals surface area contributed by atoms with Gasteiger partial charge in [0.25, 0.3) is 0 Å². The first-order valence-electron chi connectivity index (χ1n) is 4.19. The Morgan fingerprint density at radius 1 is 1.33 bits per heavy atom. The number of hydrogen-bond acceptors (Lipinski definition) is 2. The van der Waals surface area contributed by atoms with Gasteiger partial charge in [-0.3, -0.25) is 9.98 Å². The van der Waals surface area contributed by atoms with E-state index in [0.29, 0.717) is 0 Å². The lowest BCUT2D eigenvalue weighted by molar-refractivity contribution is 1.27. The van der Waals surface area contributed by atoms with Crippen molar-refractivity contribution in [2.24, 2.45) is 4.99 Å². The summed E-state index contributed by atoms with van der Waals surface area (Å²) >= 11 is 0. The molecule has 1 heterocycles. The van der Waals surface area contributed by atoms with Crippen LogP contribution in [0.25, 0.3) is 0 Å². The molecule has 2 heteroatoms. The van der Waals surface area contributed by atoms with Crippen molar-refractivity contribution < 1.29 is 0 Å². The van der Waals surface area contributed by atoms with Crippen LogP contribution in [0.3, 0.4) is 0 Å². The van der Waals surface area contributed by atoms with E-state index in [1.165, 1.54) is 0 Å². The van der Waals surface area contributed by atoms with Gasteiger partial charge in [-0.05, 0) is 19.1 Å². The van der Waals surface area contributed by atoms with Crippen LogP contribution in [0.5, 0.6) is 0 Å². The molecule has 1 aromatic rings. The van der Waals surface area contributed by atoms with E-state index in [-0.39, 0.29) is 0 Å². The fourth-order valence-electron chi connectivity index (χ4n) is 0.691. The van der Waals surface area contributed by atoms with Gasteiger partial charge in [0.2, 0.25) is 0 Å². The molecule has 1 rings (SSSR count). The summed E-state index contributed by atoms with van der Waals surface area (Å²) in [5.41, 5.74) is 1.92. The topological polar surface area (TPSA) is 25.2 Å². The first-order valence-corrected chi connectivity index (χ1v) is 4.19. The van der Waals surface area contributed by atoms with Gasteiger partial charge in [0.15, 0.2) is 0 Å². The molecular formula is C10H16N2. The van der Waals surface area contributed by atoms with E-state index in [0.717, 1.165) is 11.4 Å². The number of aliphatic imine (C=N–C) groups is 1. The van der Waals surface area contributed by atoms with E-state index >= 15 is 0 Å². The first kappa shape index (κ1) is 10.8. The van der Waals surface area contributed by atoms with Gasteiger partial charge in [0.05, 0.1) is 11.4 Å². The Hall–Kier alpha value is -1.18. The van der Waals surface area contributed by atoms with Crippen LogP contribution in [0.2, 0.25) is 0 Å². The van der Waals surface area contributed by atoms with E-state index in [9.17, 15) is 0 Å². The van der Waals surface area contributed by atoms with Crippen LogP contribution in [-0.4, -0.2) is 17.7 Å². The second kappa shape index (κ2) is 6.53. The molecule has 1 aromatic heterocycles. The molecular weight excluding hydrogens is 148 g/mol. The summed E-state index contributed by atoms with van der Waals surface area (Å²) < 4.78 is 0. The number of pyridine rings is 1. The van der Waals surface area contributed by atoms with Crippen LogP contribution in [0.15, 0.2) is 29.4 Å². The molecule has 12 heavy (non-hydrogen) atoms. The van der Waals surface area contributed by atoms with E-state index in [1.54, 1.807) is 13.2 Å². The Morgan fingerprint density at radius 2 is 2.00 bits per heavy atom. The van der Waals surface area contributed by atoms with Gasteiger partial charge in [0, 0.05) is 13.2 Å². The van der Waals surface area contributed by atoms with Crippen molar-refractivity contribution in [3.63, 3.8) is 0 Å². The summed E-state index contributed by atoms with van der Waals surface area (Å²) in [7, 11) is 1.77. The highest BCUT2D eigenvalue weighted by Crippen LogP contribution is 1.94. The third kappa shape index (κ3) is 3.28. The molecule has 0 bridgehead atoms. The van der Waals surface area contributed by atoms with Crippen LogP contribution in [0.1, 0.15) is 26.5 Å². The fraction of sp³-hybridized carbons (Fsp3) is 0.400. The molecule has 0 fully saturated rings. The van der Waals surface area contributed by atoms with E-state index in [1.807, 2.05) is 39.0 Å². The Morgan fingerprint density at radius 3 is 2.42 bits per heavy atom. The van der Waals surface area contributed by atoms with E-state index < -0.39 is 0 Å². The molecule has 0 unspecified atom stereocenters. The number of rotatable bonds is 1. The zero-order valence-corrected chi connectivity index (χ0v) is 8.20. The molecule has 0 aliphatic carbocycles. The molecule has 0 amide bonds. The van der Waals surface area contributed by atoms with Crippen molar-refractivity contribution in [3.05, 3.63) is 30.1 Å². The van der Waals surface area contributed by atoms with Crippen LogP contribution < -0.4 is 0 Å². The second-order valence-corrected chi connectivity index (χ2v) is 2.02. The third-order valence-corrected chi connectivity index (χ3v) is 1.37. The number of hydrogen-bond donors (Lipinski definition) is 0. The number of aromatic nitrogens is 1. The second-order valence-electron chi connectivity index (χ2n) is 2.02. The van der Waals surface area contributed by atoms with Gasteiger partial charge in [-0.15, -0.1) is 0 Å². The monoisotopic (exact) mass is 164 g/mol. The van der Waals surface area contributed by atoms with Crippen LogP contribution in [0.4, 0.5) is 0 Å². The fourth-order valence-corrected chi connectivity index (χ4v) is 0.691. The van der Waals surface area contributed by atoms with Crippen molar-refractivity contribution in [1.29, 1.82) is 0 Å². The molecule has 0 aromatic carbocycles. The maximum absolute atomic E-state index is 4.12. The van der Waals surface area contributed by atoms with Crippen LogP contribution in [0, 0.1) is 0 Å². The van der Waals surface area contributed by atoms with Crippen LogP contribution in [-0.2, 0) is 0 Å². The normalized spacial score (nSPS) is 10.2. The minimum Gasteiger partial charge on any atom is -0.291 e. The standard InChI is InChI=1S/C8H10N2.C2H6/c1-7(9-2)8-5-3-4-6-10-8;1-2/h3-6H,1-2H3;1-2H3. The highest BCUT2D eigenvalue weighted by Gasteiger charge is 1.92. The molecule has 0 saturated carbocycles. The minimum absolute atomic E-state index is 0.949. The zero-order chi connectivity index (χ0) is 9.40. The van der Waals surface area contributed by atoms with Crippen molar-refractivity contribution in [2.45, 2.75) is 20.8 Å². The molecule has 0 N–H and O–H groups in total.